The number of halogens is 6. The Morgan fingerprint density at radius 3 is 2.25 bits per heavy atom. The summed E-state index contributed by atoms with van der Waals surface area (Å²) in [6.07, 6.45) is 1.94. The van der Waals surface area contributed by atoms with Crippen LogP contribution in [0.25, 0.3) is 0 Å². The quantitative estimate of drug-likeness (QED) is 0.160. The predicted molar refractivity (Wildman–Crippen MR) is 173 cm³/mol. The molecular weight excluding hydrogens is 705 g/mol. The van der Waals surface area contributed by atoms with Crippen LogP contribution in [0.15, 0.2) is 72.6 Å². The molecule has 4 amide bonds. The Kier molecular flexibility index (Phi) is 12.9. The van der Waals surface area contributed by atoms with Crippen molar-refractivity contribution in [3.05, 3.63) is 88.9 Å². The summed E-state index contributed by atoms with van der Waals surface area (Å²) >= 11 is 6.14. The molecule has 0 spiro atoms. The van der Waals surface area contributed by atoms with Crippen molar-refractivity contribution in [2.24, 2.45) is 11.8 Å². The highest BCUT2D eigenvalue weighted by Crippen LogP contribution is 2.33. The summed E-state index contributed by atoms with van der Waals surface area (Å²) in [6.45, 7) is -2.10. The molecule has 0 aliphatic heterocycles. The Bertz CT molecular complexity index is 1670. The third kappa shape index (κ3) is 10.6. The van der Waals surface area contributed by atoms with Crippen molar-refractivity contribution in [2.45, 2.75) is 62.3 Å². The van der Waals surface area contributed by atoms with E-state index < -0.39 is 78.0 Å². The van der Waals surface area contributed by atoms with Crippen molar-refractivity contribution in [3.63, 3.8) is 0 Å². The number of carbonyl (C=O) groups excluding carboxylic acids is 5. The van der Waals surface area contributed by atoms with E-state index in [9.17, 15) is 37.1 Å². The van der Waals surface area contributed by atoms with Crippen molar-refractivity contribution in [3.8, 4) is 0 Å². The Hall–Kier alpha value is -4.86. The number of nitrogens with zero attached hydrogens (tertiary/aromatic N) is 1. The summed E-state index contributed by atoms with van der Waals surface area (Å²) in [5.74, 6) is -13.4. The standard InChI is InChI=1S/C34H35ClF5N5O6/c1-51-23-13-11-21(12-14-23)27(31(49)44-26(20-7-5-8-20)28(46)34(39,40)32(50)42-18-33(36,37)38)45-30(48)25(17-19-6-4-9-22(35)16-19)43-29(47)24-10-2-3-15-41-24/h2-4,6,9-11,13-16,20-21,25-27H,5,7-8,12,17-18H2,1H3,(H,42,50)(H,43,47)(H,44,49)(H,45,48)/t21?,25-,26-,27-/m0/s1. The number of nitrogens with one attached hydrogen (secondary N) is 4. The van der Waals surface area contributed by atoms with Gasteiger partial charge in [0.2, 0.25) is 17.6 Å². The lowest BCUT2D eigenvalue weighted by Crippen LogP contribution is -2.62. The molecule has 0 saturated heterocycles. The van der Waals surface area contributed by atoms with E-state index in [-0.39, 0.29) is 31.4 Å². The molecule has 1 saturated carbocycles. The van der Waals surface area contributed by atoms with Crippen LogP contribution >= 0.6 is 11.6 Å². The fourth-order valence-electron chi connectivity index (χ4n) is 5.49. The number of ether oxygens (including phenoxy) is 1. The third-order valence-corrected chi connectivity index (χ3v) is 8.67. The fraction of sp³-hybridized carbons (Fsp3) is 0.412. The summed E-state index contributed by atoms with van der Waals surface area (Å²) in [5, 5.41) is 8.81. The van der Waals surface area contributed by atoms with E-state index in [0.29, 0.717) is 22.8 Å². The number of hydrogen-bond acceptors (Lipinski definition) is 7. The van der Waals surface area contributed by atoms with Crippen LogP contribution < -0.4 is 21.3 Å². The maximum atomic E-state index is 15.0. The van der Waals surface area contributed by atoms with Crippen LogP contribution in [0.5, 0.6) is 0 Å². The summed E-state index contributed by atoms with van der Waals surface area (Å²) < 4.78 is 73.1. The zero-order valence-corrected chi connectivity index (χ0v) is 27.9. The smallest absolute Gasteiger partial charge is 0.405 e. The van der Waals surface area contributed by atoms with E-state index in [0.717, 1.165) is 5.32 Å². The molecular formula is C34H35ClF5N5O6. The molecule has 4 rings (SSSR count). The zero-order chi connectivity index (χ0) is 37.3. The Morgan fingerprint density at radius 1 is 0.961 bits per heavy atom. The van der Waals surface area contributed by atoms with Crippen LogP contribution in [0.4, 0.5) is 22.0 Å². The molecule has 2 aromatic rings. The number of amides is 4. The Balaban J connectivity index is 1.61. The second-order valence-electron chi connectivity index (χ2n) is 12.0. The van der Waals surface area contributed by atoms with E-state index in [4.69, 9.17) is 16.3 Å². The SMILES string of the molecule is COC1=CCC([C@H](NC(=O)[C@H](Cc2cccc(Cl)c2)NC(=O)c2ccccn2)C(=O)N[C@H](C(=O)C(F)(F)C(=O)NCC(F)(F)F)C2CCC2)C=C1. The van der Waals surface area contributed by atoms with Gasteiger partial charge in [-0.15, -0.1) is 0 Å². The van der Waals surface area contributed by atoms with Crippen LogP contribution in [0.3, 0.4) is 0 Å². The molecule has 0 bridgehead atoms. The fourth-order valence-corrected chi connectivity index (χ4v) is 5.70. The van der Waals surface area contributed by atoms with Crippen molar-refractivity contribution in [1.29, 1.82) is 0 Å². The number of ketones is 1. The molecule has 2 aliphatic rings. The first-order chi connectivity index (χ1) is 24.1. The highest BCUT2D eigenvalue weighted by atomic mass is 35.5. The third-order valence-electron chi connectivity index (χ3n) is 8.44. The highest BCUT2D eigenvalue weighted by Gasteiger charge is 2.53. The number of carbonyl (C=O) groups is 5. The number of allylic oxidation sites excluding steroid dienone is 2. The van der Waals surface area contributed by atoms with E-state index in [1.165, 1.54) is 31.5 Å². The number of aromatic nitrogens is 1. The van der Waals surface area contributed by atoms with Crippen molar-refractivity contribution in [2.75, 3.05) is 13.7 Å². The molecule has 1 fully saturated rings. The molecule has 274 valence electrons. The largest absolute Gasteiger partial charge is 0.497 e. The van der Waals surface area contributed by atoms with Crippen molar-refractivity contribution in [1.82, 2.24) is 26.3 Å². The van der Waals surface area contributed by atoms with Crippen LogP contribution in [0, 0.1) is 11.8 Å². The molecule has 0 radical (unpaired) electrons. The summed E-state index contributed by atoms with van der Waals surface area (Å²) in [7, 11) is 1.41. The van der Waals surface area contributed by atoms with Gasteiger partial charge in [0.15, 0.2) is 0 Å². The zero-order valence-electron chi connectivity index (χ0n) is 27.1. The molecule has 1 aromatic heterocycles. The number of rotatable bonds is 15. The van der Waals surface area contributed by atoms with Crippen LogP contribution in [-0.4, -0.2) is 78.3 Å². The molecule has 1 unspecified atom stereocenters. The molecule has 51 heavy (non-hydrogen) atoms. The minimum atomic E-state index is -5.02. The number of methoxy groups -OCH3 is 1. The first-order valence-corrected chi connectivity index (χ1v) is 16.2. The average molecular weight is 740 g/mol. The normalized spacial score (nSPS) is 17.9. The molecule has 1 aromatic carbocycles. The van der Waals surface area contributed by atoms with E-state index in [1.807, 2.05) is 0 Å². The van der Waals surface area contributed by atoms with Gasteiger partial charge in [-0.3, -0.25) is 29.0 Å². The second-order valence-corrected chi connectivity index (χ2v) is 12.5. The number of pyridine rings is 1. The number of hydrogen-bond donors (Lipinski definition) is 4. The van der Waals surface area contributed by atoms with Gasteiger partial charge in [-0.1, -0.05) is 42.3 Å². The van der Waals surface area contributed by atoms with Gasteiger partial charge in [0.25, 0.3) is 11.8 Å². The van der Waals surface area contributed by atoms with Crippen molar-refractivity contribution < 1.29 is 50.7 Å². The minimum absolute atomic E-state index is 0.00909. The van der Waals surface area contributed by atoms with E-state index in [2.05, 4.69) is 20.9 Å². The average Bonchev–Trinajstić information content (AvgIpc) is 3.07. The Labute approximate surface area is 294 Å². The first-order valence-electron chi connectivity index (χ1n) is 15.9. The van der Waals surface area contributed by atoms with E-state index >= 15 is 8.78 Å². The number of alkyl halides is 5. The monoisotopic (exact) mass is 739 g/mol. The topological polar surface area (TPSA) is 156 Å². The lowest BCUT2D eigenvalue weighted by atomic mass is 9.76. The number of benzene rings is 1. The summed E-state index contributed by atoms with van der Waals surface area (Å²) in [4.78, 5) is 70.1. The summed E-state index contributed by atoms with van der Waals surface area (Å²) in [5.41, 5.74) is 0.530. The number of Topliss-reactive ketones (excluding diaryl/α,β-unsaturated/α-hetero) is 1. The van der Waals surface area contributed by atoms with Crippen molar-refractivity contribution >= 4 is 41.0 Å². The minimum Gasteiger partial charge on any atom is -0.497 e. The van der Waals surface area contributed by atoms with Gasteiger partial charge in [-0.05, 0) is 67.2 Å². The van der Waals surface area contributed by atoms with Gasteiger partial charge < -0.3 is 26.0 Å². The molecule has 4 N–H and O–H groups in total. The van der Waals surface area contributed by atoms with Crippen LogP contribution in [0.2, 0.25) is 5.02 Å². The molecule has 17 heteroatoms. The Morgan fingerprint density at radius 2 is 1.69 bits per heavy atom. The molecule has 2 aliphatic carbocycles. The first kappa shape index (κ1) is 38.9. The molecule has 1 heterocycles. The predicted octanol–water partition coefficient (Wildman–Crippen LogP) is 3.84. The second kappa shape index (κ2) is 16.9. The molecule has 11 nitrogen and oxygen atoms in total. The van der Waals surface area contributed by atoms with Crippen LogP contribution in [-0.2, 0) is 30.3 Å². The molecule has 4 atom stereocenters. The maximum absolute atomic E-state index is 15.0. The van der Waals surface area contributed by atoms with Gasteiger partial charge in [0, 0.05) is 23.6 Å². The van der Waals surface area contributed by atoms with Gasteiger partial charge >= 0.3 is 12.1 Å². The van der Waals surface area contributed by atoms with Gasteiger partial charge in [0.05, 0.1) is 13.2 Å². The van der Waals surface area contributed by atoms with Gasteiger partial charge in [-0.25, -0.2) is 0 Å². The van der Waals surface area contributed by atoms with Gasteiger partial charge in [0.1, 0.15) is 30.1 Å². The van der Waals surface area contributed by atoms with E-state index in [1.54, 1.807) is 42.5 Å². The van der Waals surface area contributed by atoms with Crippen LogP contribution in [0.1, 0.15) is 41.7 Å². The summed E-state index contributed by atoms with van der Waals surface area (Å²) in [6, 6.07) is 6.21. The lowest BCUT2D eigenvalue weighted by molar-refractivity contribution is -0.166. The lowest BCUT2D eigenvalue weighted by Gasteiger charge is -2.36. The highest BCUT2D eigenvalue weighted by molar-refractivity contribution is 6.30. The maximum Gasteiger partial charge on any atom is 0.405 e. The van der Waals surface area contributed by atoms with Gasteiger partial charge in [-0.2, -0.15) is 22.0 Å².